The second-order valence-corrected chi connectivity index (χ2v) is 29.1. The Morgan fingerprint density at radius 3 is 1.52 bits per heavy atom. The van der Waals surface area contributed by atoms with Crippen molar-refractivity contribution in [1.82, 2.24) is 0 Å². The van der Waals surface area contributed by atoms with Crippen LogP contribution in [-0.4, -0.2) is 283 Å². The molecule has 11 rings (SSSR count). The summed E-state index contributed by atoms with van der Waals surface area (Å²) in [4.78, 5) is 27.0. The molecular formula is C70H106O28. The number of esters is 1. The Labute approximate surface area is 572 Å². The molecule has 6 aliphatic heterocycles. The zero-order valence-electron chi connectivity index (χ0n) is 57.9. The summed E-state index contributed by atoms with van der Waals surface area (Å²) in [5, 5.41) is 105. The average molecular weight is 1400 g/mol. The second kappa shape index (κ2) is 31.3. The minimum absolute atomic E-state index is 0.0439. The number of hydrogen-bond acceptors (Lipinski definition) is 28. The van der Waals surface area contributed by atoms with Crippen molar-refractivity contribution in [3.05, 3.63) is 53.6 Å². The molecule has 0 spiro atoms. The van der Waals surface area contributed by atoms with E-state index in [4.69, 9.17) is 80.5 Å². The molecule has 1 aromatic rings. The largest absolute Gasteiger partial charge is 0.458 e. The molecule has 0 amide bonds. The summed E-state index contributed by atoms with van der Waals surface area (Å²) in [5.74, 6) is -2.11. The highest BCUT2D eigenvalue weighted by Gasteiger charge is 2.77. The third-order valence-corrected chi connectivity index (χ3v) is 23.6. The molecule has 554 valence electrons. The number of rotatable bonds is 22. The predicted molar refractivity (Wildman–Crippen MR) is 339 cm³/mol. The fraction of sp³-hybridized carbons (Fsp3) is 0.829. The number of ketones is 1. The average Bonchev–Trinajstić information content (AvgIpc) is 1.34. The third kappa shape index (κ3) is 14.6. The van der Waals surface area contributed by atoms with E-state index in [1.807, 2.05) is 57.2 Å². The Morgan fingerprint density at radius 2 is 1.03 bits per heavy atom. The van der Waals surface area contributed by atoms with Gasteiger partial charge in [0.25, 0.3) is 0 Å². The van der Waals surface area contributed by atoms with Gasteiger partial charge in [-0.05, 0) is 96.6 Å². The first-order valence-corrected chi connectivity index (χ1v) is 34.8. The Bertz CT molecular complexity index is 2870. The van der Waals surface area contributed by atoms with Crippen LogP contribution in [0, 0.1) is 22.7 Å². The number of fused-ring (bicyclic) bond motifs is 5. The molecule has 0 aromatic heterocycles. The molecule has 4 aliphatic carbocycles. The fourth-order valence-corrected chi connectivity index (χ4v) is 18.0. The van der Waals surface area contributed by atoms with Crippen LogP contribution in [0.4, 0.5) is 0 Å². The van der Waals surface area contributed by atoms with Crippen LogP contribution in [0.1, 0.15) is 125 Å². The summed E-state index contributed by atoms with van der Waals surface area (Å²) in [6, 6.07) is 9.24. The molecule has 0 unspecified atom stereocenters. The molecule has 0 bridgehead atoms. The van der Waals surface area contributed by atoms with Crippen molar-refractivity contribution in [3.63, 3.8) is 0 Å². The molecule has 3 saturated carbocycles. The Morgan fingerprint density at radius 1 is 0.561 bits per heavy atom. The zero-order valence-corrected chi connectivity index (χ0v) is 57.9. The standard InChI is InChI=1S/C70H106O28/c1-33(73)41-21-24-70(81)68(41,7)49(93-50(74)18-17-38-15-13-12-14-16-38)30-48-67(6)22-20-40(25-39(67)19-23-69(48,70)80)90-65-58(78)57(77)64(47(32-72)91-65)98-66-59(79)56(76)63(46(31-71)92-66)97-54-29-45(85-11)62(37(5)89-54)96-53-28-44(84-10)61(36(4)88-53)95-52-27-43(83-9)60(35(3)87-52)94-51-26-42(82-8)55(75)34(2)86-51/h12-19,34-37,40-49,51-66,71-72,75-81H,20-32H2,1-11H3/b18-17+/t34-,35-,36-,37-,40+,41+,42+,43+,44-,45-,46-,47-,48-,49-,51+,52+,53+,54+,55-,56-,57-,58-,59-,60-,61-,62-,63-,64-,65-,66+,67+,68+,69+,70-/m1/s1. The molecule has 1 aromatic carbocycles. The van der Waals surface area contributed by atoms with Gasteiger partial charge in [0.1, 0.15) is 96.3 Å². The van der Waals surface area contributed by atoms with E-state index in [2.05, 4.69) is 0 Å². The van der Waals surface area contributed by atoms with Crippen molar-refractivity contribution >= 4 is 17.8 Å². The van der Waals surface area contributed by atoms with Crippen LogP contribution < -0.4 is 0 Å². The lowest BCUT2D eigenvalue weighted by atomic mass is 9.43. The van der Waals surface area contributed by atoms with Crippen LogP contribution in [0.2, 0.25) is 0 Å². The second-order valence-electron chi connectivity index (χ2n) is 29.1. The van der Waals surface area contributed by atoms with Gasteiger partial charge in [0.2, 0.25) is 0 Å². The minimum Gasteiger partial charge on any atom is -0.458 e. The number of Topliss-reactive ketones (excluding diaryl/α,β-unsaturated/α-hetero) is 1. The quantitative estimate of drug-likeness (QED) is 0.0454. The third-order valence-electron chi connectivity index (χ3n) is 23.6. The molecule has 98 heavy (non-hydrogen) atoms. The SMILES string of the molecule is CO[C@H]1C[C@H](O[C@H]2[C@@H](OC)C[C@H](O[C@@H]3[C@@H](C)O[C@@H](O[C@@H]4[C@@H](C)O[C@@H](O[C@H]5[C@H](O)[C@@H](O)[C@H](O[C@H]6[C@H](O)[C@@H](O)[C@H](O[C@H]7CC[C@@]8(C)C(=CC[C@]9(O)[C@@H]8C[C@@H](OC(=O)/C=C/c8ccccc8)[C@]8(C)[C@H](C(C)=O)CC[C@@]89O)C7)O[C@@H]6CO)O[C@@H]5CO)C[C@H]4OC)C[C@H]3OC)O[C@@H]2C)O[C@H](C)[C@H]1O. The van der Waals surface area contributed by atoms with E-state index in [1.54, 1.807) is 48.2 Å². The summed E-state index contributed by atoms with van der Waals surface area (Å²) >= 11 is 0. The number of carbonyl (C=O) groups is 2. The minimum atomic E-state index is -1.88. The Balaban J connectivity index is 0.668. The number of carbonyl (C=O) groups excluding carboxylic acids is 2. The molecule has 34 atom stereocenters. The summed E-state index contributed by atoms with van der Waals surface area (Å²) in [5.41, 5.74) is -3.89. The van der Waals surface area contributed by atoms with E-state index in [0.717, 1.165) is 11.1 Å². The molecule has 28 heteroatoms. The fourth-order valence-electron chi connectivity index (χ4n) is 18.0. The van der Waals surface area contributed by atoms with Crippen LogP contribution in [-0.2, 0) is 90.1 Å². The van der Waals surface area contributed by atoms with Gasteiger partial charge in [0.05, 0.1) is 68.1 Å². The number of aliphatic hydroxyl groups excluding tert-OH is 7. The lowest BCUT2D eigenvalue weighted by Crippen LogP contribution is -2.75. The first-order valence-electron chi connectivity index (χ1n) is 34.8. The first kappa shape index (κ1) is 76.0. The predicted octanol–water partition coefficient (Wildman–Crippen LogP) is 1.77. The smallest absolute Gasteiger partial charge is 0.331 e. The van der Waals surface area contributed by atoms with Gasteiger partial charge < -0.3 is 126 Å². The van der Waals surface area contributed by atoms with E-state index < -0.39 is 225 Å². The first-order chi connectivity index (χ1) is 46.7. The molecule has 6 heterocycles. The van der Waals surface area contributed by atoms with Gasteiger partial charge in [0.15, 0.2) is 37.7 Å². The maximum absolute atomic E-state index is 13.6. The van der Waals surface area contributed by atoms with Crippen molar-refractivity contribution in [2.45, 2.75) is 302 Å². The summed E-state index contributed by atoms with van der Waals surface area (Å²) < 4.78 is 105. The van der Waals surface area contributed by atoms with E-state index in [9.17, 15) is 55.5 Å². The van der Waals surface area contributed by atoms with Crippen molar-refractivity contribution in [3.8, 4) is 0 Å². The maximum atomic E-state index is 13.6. The number of methoxy groups -OCH3 is 4. The van der Waals surface area contributed by atoms with Crippen LogP contribution in [0.25, 0.3) is 6.08 Å². The lowest BCUT2D eigenvalue weighted by Gasteiger charge is -2.66. The van der Waals surface area contributed by atoms with Gasteiger partial charge in [-0.2, -0.15) is 0 Å². The Hall–Kier alpha value is -3.16. The number of ether oxygens (including phenoxy) is 17. The van der Waals surface area contributed by atoms with Crippen molar-refractivity contribution in [2.24, 2.45) is 22.7 Å². The van der Waals surface area contributed by atoms with Crippen LogP contribution in [0.5, 0.6) is 0 Å². The monoisotopic (exact) mass is 1390 g/mol. The molecule has 9 fully saturated rings. The van der Waals surface area contributed by atoms with E-state index >= 15 is 0 Å². The van der Waals surface area contributed by atoms with Gasteiger partial charge in [-0.15, -0.1) is 0 Å². The van der Waals surface area contributed by atoms with E-state index in [-0.39, 0.29) is 37.9 Å². The van der Waals surface area contributed by atoms with E-state index in [1.165, 1.54) is 20.1 Å². The highest BCUT2D eigenvalue weighted by atomic mass is 16.8. The summed E-state index contributed by atoms with van der Waals surface area (Å²) in [6.07, 6.45) is -20.4. The highest BCUT2D eigenvalue weighted by molar-refractivity contribution is 5.87. The lowest BCUT2D eigenvalue weighted by molar-refractivity contribution is -0.377. The maximum Gasteiger partial charge on any atom is 0.331 e. The van der Waals surface area contributed by atoms with Gasteiger partial charge in [-0.3, -0.25) is 4.79 Å². The molecule has 10 aliphatic rings. The van der Waals surface area contributed by atoms with Gasteiger partial charge in [-0.1, -0.05) is 55.8 Å². The van der Waals surface area contributed by atoms with Crippen molar-refractivity contribution in [2.75, 3.05) is 41.7 Å². The molecule has 0 radical (unpaired) electrons. The number of aliphatic hydroxyl groups is 9. The van der Waals surface area contributed by atoms with Crippen molar-refractivity contribution < 1.29 is 136 Å². The molecule has 6 saturated heterocycles. The van der Waals surface area contributed by atoms with Crippen LogP contribution >= 0.6 is 0 Å². The van der Waals surface area contributed by atoms with Gasteiger partial charge in [-0.25, -0.2) is 4.79 Å². The zero-order chi connectivity index (χ0) is 70.5. The van der Waals surface area contributed by atoms with E-state index in [0.29, 0.717) is 38.5 Å². The molecule has 9 N–H and O–H groups in total. The van der Waals surface area contributed by atoms with Gasteiger partial charge in [0, 0.05) is 77.4 Å². The normalized spacial score (nSPS) is 49.1. The Kier molecular flexibility index (Phi) is 24.2. The van der Waals surface area contributed by atoms with Crippen LogP contribution in [0.15, 0.2) is 48.1 Å². The van der Waals surface area contributed by atoms with Crippen LogP contribution in [0.3, 0.4) is 0 Å². The van der Waals surface area contributed by atoms with Gasteiger partial charge >= 0.3 is 5.97 Å². The summed E-state index contributed by atoms with van der Waals surface area (Å²) in [7, 11) is 6.21. The van der Waals surface area contributed by atoms with Crippen molar-refractivity contribution in [1.29, 1.82) is 0 Å². The molecule has 28 nitrogen and oxygen atoms in total. The topological polar surface area (TPSA) is 373 Å². The highest BCUT2D eigenvalue weighted by Crippen LogP contribution is 2.70. The summed E-state index contributed by atoms with van der Waals surface area (Å²) in [6.45, 7) is 11.0. The number of hydrogen-bond donors (Lipinski definition) is 9. The number of benzene rings is 1. The molecular weight excluding hydrogens is 1290 g/mol.